The Labute approximate surface area is 113 Å². The lowest BCUT2D eigenvalue weighted by molar-refractivity contribution is 0.373. The molecule has 2 rings (SSSR count). The quantitative estimate of drug-likeness (QED) is 0.903. The Bertz CT molecular complexity index is 609. The van der Waals surface area contributed by atoms with E-state index in [0.29, 0.717) is 23.4 Å². The fourth-order valence-corrected chi connectivity index (χ4v) is 1.75. The summed E-state index contributed by atoms with van der Waals surface area (Å²) in [6.45, 7) is 0.0665. The van der Waals surface area contributed by atoms with Gasteiger partial charge in [0.2, 0.25) is 0 Å². The first-order chi connectivity index (χ1) is 9.51. The van der Waals surface area contributed by atoms with Gasteiger partial charge in [-0.2, -0.15) is 0 Å². The van der Waals surface area contributed by atoms with Crippen LogP contribution >= 0.6 is 0 Å². The number of benzene rings is 2. The van der Waals surface area contributed by atoms with Crippen LogP contribution in [0.3, 0.4) is 0 Å². The number of nitrogens with one attached hydrogen (secondary N) is 1. The van der Waals surface area contributed by atoms with E-state index in [0.717, 1.165) is 0 Å². The van der Waals surface area contributed by atoms with Crippen LogP contribution in [-0.4, -0.2) is 12.2 Å². The lowest BCUT2D eigenvalue weighted by Gasteiger charge is -2.10. The number of halogens is 3. The van der Waals surface area contributed by atoms with Crippen LogP contribution in [0.25, 0.3) is 0 Å². The van der Waals surface area contributed by atoms with Crippen LogP contribution < -0.4 is 10.1 Å². The van der Waals surface area contributed by atoms with Gasteiger partial charge in [-0.25, -0.2) is 13.2 Å². The Balaban J connectivity index is 2.15. The average molecular weight is 283 g/mol. The number of hydrogen-bond acceptors (Lipinski definition) is 3. The highest BCUT2D eigenvalue weighted by molar-refractivity contribution is 5.48. The molecule has 0 aromatic heterocycles. The Morgan fingerprint density at radius 3 is 2.30 bits per heavy atom. The molecule has 2 aromatic rings. The van der Waals surface area contributed by atoms with Gasteiger partial charge in [0.25, 0.3) is 0 Å². The van der Waals surface area contributed by atoms with E-state index in [4.69, 9.17) is 4.74 Å². The van der Waals surface area contributed by atoms with Crippen molar-refractivity contribution in [1.29, 1.82) is 0 Å². The van der Waals surface area contributed by atoms with E-state index >= 15 is 0 Å². The minimum absolute atomic E-state index is 0.0665. The maximum atomic E-state index is 13.4. The highest BCUT2D eigenvalue weighted by Crippen LogP contribution is 2.27. The maximum absolute atomic E-state index is 13.4. The topological polar surface area (TPSA) is 41.5 Å². The third kappa shape index (κ3) is 2.96. The van der Waals surface area contributed by atoms with Crippen molar-refractivity contribution in [3.05, 3.63) is 53.3 Å². The lowest BCUT2D eigenvalue weighted by Crippen LogP contribution is -2.04. The molecule has 106 valence electrons. The minimum Gasteiger partial charge on any atom is -0.504 e. The summed E-state index contributed by atoms with van der Waals surface area (Å²) in [5, 5.41) is 12.1. The second kappa shape index (κ2) is 5.73. The van der Waals surface area contributed by atoms with Crippen molar-refractivity contribution in [3.63, 3.8) is 0 Å². The largest absolute Gasteiger partial charge is 0.504 e. The predicted molar refractivity (Wildman–Crippen MR) is 68.3 cm³/mol. The van der Waals surface area contributed by atoms with Crippen molar-refractivity contribution in [2.45, 2.75) is 6.54 Å². The minimum atomic E-state index is -1.01. The van der Waals surface area contributed by atoms with Crippen LogP contribution in [0.4, 0.5) is 18.9 Å². The van der Waals surface area contributed by atoms with Gasteiger partial charge in [-0.05, 0) is 17.7 Å². The fraction of sp³-hybridized carbons (Fsp3) is 0.143. The summed E-state index contributed by atoms with van der Waals surface area (Å²) in [7, 11) is 1.41. The number of hydrogen-bond donors (Lipinski definition) is 2. The molecule has 0 heterocycles. The van der Waals surface area contributed by atoms with E-state index in [-0.39, 0.29) is 12.3 Å². The highest BCUT2D eigenvalue weighted by Gasteiger charge is 2.11. The molecular formula is C14H12F3NO2. The average Bonchev–Trinajstić information content (AvgIpc) is 2.37. The number of ether oxygens (including phenoxy) is 1. The molecule has 2 N–H and O–H groups in total. The van der Waals surface area contributed by atoms with Gasteiger partial charge in [0, 0.05) is 18.7 Å². The first-order valence-corrected chi connectivity index (χ1v) is 5.75. The molecule has 20 heavy (non-hydrogen) atoms. The SMILES string of the molecule is COc1ccc(CNc2c(F)cc(F)cc2F)cc1O. The predicted octanol–water partition coefficient (Wildman–Crippen LogP) is 3.43. The molecule has 0 saturated carbocycles. The molecule has 0 aliphatic carbocycles. The second-order valence-electron chi connectivity index (χ2n) is 4.10. The first kappa shape index (κ1) is 14.0. The molecule has 6 heteroatoms. The van der Waals surface area contributed by atoms with Crippen molar-refractivity contribution in [2.24, 2.45) is 0 Å². The van der Waals surface area contributed by atoms with Crippen LogP contribution in [0.5, 0.6) is 11.5 Å². The van der Waals surface area contributed by atoms with Crippen molar-refractivity contribution in [1.82, 2.24) is 0 Å². The smallest absolute Gasteiger partial charge is 0.160 e. The van der Waals surface area contributed by atoms with Crippen LogP contribution in [-0.2, 0) is 6.54 Å². The lowest BCUT2D eigenvalue weighted by atomic mass is 10.2. The van der Waals surface area contributed by atoms with Crippen molar-refractivity contribution >= 4 is 5.69 Å². The monoisotopic (exact) mass is 283 g/mol. The van der Waals surface area contributed by atoms with Crippen LogP contribution in [0.1, 0.15) is 5.56 Å². The van der Waals surface area contributed by atoms with Gasteiger partial charge >= 0.3 is 0 Å². The molecule has 0 unspecified atom stereocenters. The van der Waals surface area contributed by atoms with Gasteiger partial charge in [-0.3, -0.25) is 0 Å². The van der Waals surface area contributed by atoms with Crippen molar-refractivity contribution in [3.8, 4) is 11.5 Å². The highest BCUT2D eigenvalue weighted by atomic mass is 19.1. The zero-order valence-corrected chi connectivity index (χ0v) is 10.6. The van der Waals surface area contributed by atoms with Crippen molar-refractivity contribution in [2.75, 3.05) is 12.4 Å². The molecule has 0 saturated heterocycles. The molecular weight excluding hydrogens is 271 g/mol. The standard InChI is InChI=1S/C14H12F3NO2/c1-20-13-3-2-8(4-12(13)19)7-18-14-10(16)5-9(15)6-11(14)17/h2-6,18-19H,7H2,1H3. The number of phenolic OH excluding ortho intramolecular Hbond substituents is 1. The van der Waals surface area contributed by atoms with E-state index < -0.39 is 23.1 Å². The Morgan fingerprint density at radius 2 is 1.75 bits per heavy atom. The summed E-state index contributed by atoms with van der Waals surface area (Å²) in [5.74, 6) is -2.78. The first-order valence-electron chi connectivity index (χ1n) is 5.75. The number of aromatic hydroxyl groups is 1. The van der Waals surface area contributed by atoms with E-state index in [1.54, 1.807) is 6.07 Å². The molecule has 0 aliphatic rings. The van der Waals surface area contributed by atoms with E-state index in [1.807, 2.05) is 0 Å². The molecule has 2 aromatic carbocycles. The molecule has 0 bridgehead atoms. The van der Waals surface area contributed by atoms with Gasteiger partial charge in [-0.15, -0.1) is 0 Å². The molecule has 0 atom stereocenters. The van der Waals surface area contributed by atoms with Gasteiger partial charge in [0.15, 0.2) is 23.1 Å². The Morgan fingerprint density at radius 1 is 1.10 bits per heavy atom. The van der Waals surface area contributed by atoms with Gasteiger partial charge in [-0.1, -0.05) is 6.07 Å². The van der Waals surface area contributed by atoms with Crippen LogP contribution in [0, 0.1) is 17.5 Å². The number of phenols is 1. The van der Waals surface area contributed by atoms with Crippen LogP contribution in [0.2, 0.25) is 0 Å². The number of methoxy groups -OCH3 is 1. The summed E-state index contributed by atoms with van der Waals surface area (Å²) in [6, 6.07) is 5.76. The third-order valence-corrected chi connectivity index (χ3v) is 2.72. The normalized spacial score (nSPS) is 10.4. The molecule has 0 fully saturated rings. The second-order valence-corrected chi connectivity index (χ2v) is 4.10. The fourth-order valence-electron chi connectivity index (χ4n) is 1.75. The molecule has 0 spiro atoms. The zero-order valence-electron chi connectivity index (χ0n) is 10.6. The van der Waals surface area contributed by atoms with Crippen LogP contribution in [0.15, 0.2) is 30.3 Å². The summed E-state index contributed by atoms with van der Waals surface area (Å²) in [6.07, 6.45) is 0. The van der Waals surface area contributed by atoms with Gasteiger partial charge in [0.1, 0.15) is 11.5 Å². The molecule has 0 amide bonds. The Kier molecular flexibility index (Phi) is 4.02. The van der Waals surface area contributed by atoms with E-state index in [1.165, 1.54) is 19.2 Å². The third-order valence-electron chi connectivity index (χ3n) is 2.72. The van der Waals surface area contributed by atoms with E-state index in [2.05, 4.69) is 5.32 Å². The molecule has 0 radical (unpaired) electrons. The van der Waals surface area contributed by atoms with Gasteiger partial charge in [0.05, 0.1) is 7.11 Å². The van der Waals surface area contributed by atoms with Crippen molar-refractivity contribution < 1.29 is 23.0 Å². The number of rotatable bonds is 4. The Hall–Kier alpha value is -2.37. The summed E-state index contributed by atoms with van der Waals surface area (Å²) < 4.78 is 44.4. The maximum Gasteiger partial charge on any atom is 0.160 e. The molecule has 3 nitrogen and oxygen atoms in total. The summed E-state index contributed by atoms with van der Waals surface area (Å²) >= 11 is 0. The summed E-state index contributed by atoms with van der Waals surface area (Å²) in [5.41, 5.74) is 0.174. The van der Waals surface area contributed by atoms with Gasteiger partial charge < -0.3 is 15.2 Å². The molecule has 0 aliphatic heterocycles. The number of anilines is 1. The zero-order chi connectivity index (χ0) is 14.7. The van der Waals surface area contributed by atoms with E-state index in [9.17, 15) is 18.3 Å². The summed E-state index contributed by atoms with van der Waals surface area (Å²) in [4.78, 5) is 0.